The van der Waals surface area contributed by atoms with Crippen LogP contribution in [0.3, 0.4) is 0 Å². The molecule has 1 aromatic heterocycles. The van der Waals surface area contributed by atoms with Crippen molar-refractivity contribution in [3.05, 3.63) is 36.3 Å². The normalized spacial score (nSPS) is 17.8. The second-order valence-electron chi connectivity index (χ2n) is 3.50. The standard InChI is InChI=1S/C11H15NO/c1-2-6-12-7-3-4-10-5-8-13-11(10)9-12/h2,5,8H,1,3-4,6-7,9H2. The summed E-state index contributed by atoms with van der Waals surface area (Å²) in [6.45, 7) is 6.80. The van der Waals surface area contributed by atoms with Gasteiger partial charge in [0.05, 0.1) is 12.8 Å². The van der Waals surface area contributed by atoms with Gasteiger partial charge in [0.25, 0.3) is 0 Å². The van der Waals surface area contributed by atoms with Crippen molar-refractivity contribution in [2.45, 2.75) is 19.4 Å². The molecule has 0 amide bonds. The minimum atomic E-state index is 0.939. The third-order valence-electron chi connectivity index (χ3n) is 2.51. The van der Waals surface area contributed by atoms with E-state index in [9.17, 15) is 0 Å². The number of rotatable bonds is 2. The van der Waals surface area contributed by atoms with Crippen molar-refractivity contribution in [3.63, 3.8) is 0 Å². The van der Waals surface area contributed by atoms with E-state index < -0.39 is 0 Å². The molecule has 0 unspecified atom stereocenters. The molecular weight excluding hydrogens is 162 g/mol. The van der Waals surface area contributed by atoms with Gasteiger partial charge in [-0.3, -0.25) is 4.90 Å². The molecule has 2 heterocycles. The van der Waals surface area contributed by atoms with Gasteiger partial charge in [-0.2, -0.15) is 0 Å². The molecule has 0 bridgehead atoms. The van der Waals surface area contributed by atoms with Crippen molar-refractivity contribution >= 4 is 0 Å². The van der Waals surface area contributed by atoms with Crippen LogP contribution >= 0.6 is 0 Å². The number of fused-ring (bicyclic) bond motifs is 1. The molecule has 2 heteroatoms. The maximum atomic E-state index is 5.44. The maximum absolute atomic E-state index is 5.44. The van der Waals surface area contributed by atoms with E-state index >= 15 is 0 Å². The van der Waals surface area contributed by atoms with Gasteiger partial charge in [-0.25, -0.2) is 0 Å². The molecule has 2 rings (SSSR count). The summed E-state index contributed by atoms with van der Waals surface area (Å²) in [5, 5.41) is 0. The zero-order valence-corrected chi connectivity index (χ0v) is 7.83. The van der Waals surface area contributed by atoms with Gasteiger partial charge < -0.3 is 4.42 Å². The Hall–Kier alpha value is -1.02. The molecule has 0 saturated carbocycles. The number of nitrogens with zero attached hydrogens (tertiary/aromatic N) is 1. The van der Waals surface area contributed by atoms with E-state index in [0.717, 1.165) is 31.8 Å². The van der Waals surface area contributed by atoms with Gasteiger partial charge in [-0.05, 0) is 31.0 Å². The number of hydrogen-bond acceptors (Lipinski definition) is 2. The molecule has 70 valence electrons. The van der Waals surface area contributed by atoms with E-state index in [0.29, 0.717) is 0 Å². The fourth-order valence-electron chi connectivity index (χ4n) is 1.84. The molecule has 0 N–H and O–H groups in total. The monoisotopic (exact) mass is 177 g/mol. The van der Waals surface area contributed by atoms with E-state index in [1.807, 2.05) is 6.08 Å². The molecule has 1 aliphatic heterocycles. The Bertz CT molecular complexity index is 290. The highest BCUT2D eigenvalue weighted by Crippen LogP contribution is 2.19. The topological polar surface area (TPSA) is 16.4 Å². The third-order valence-corrected chi connectivity index (χ3v) is 2.51. The summed E-state index contributed by atoms with van der Waals surface area (Å²) in [5.74, 6) is 1.14. The van der Waals surface area contributed by atoms with Crippen LogP contribution in [0.25, 0.3) is 0 Å². The van der Waals surface area contributed by atoms with Crippen molar-refractivity contribution in [1.29, 1.82) is 0 Å². The van der Waals surface area contributed by atoms with Crippen molar-refractivity contribution in [1.82, 2.24) is 4.90 Å². The number of furan rings is 1. The molecule has 0 spiro atoms. The lowest BCUT2D eigenvalue weighted by atomic mass is 10.1. The Morgan fingerprint density at radius 3 is 3.38 bits per heavy atom. The summed E-state index contributed by atoms with van der Waals surface area (Å²) >= 11 is 0. The Morgan fingerprint density at radius 2 is 2.54 bits per heavy atom. The van der Waals surface area contributed by atoms with Crippen LogP contribution in [0.1, 0.15) is 17.7 Å². The van der Waals surface area contributed by atoms with Crippen LogP contribution in [0.5, 0.6) is 0 Å². The first-order valence-electron chi connectivity index (χ1n) is 4.78. The zero-order valence-electron chi connectivity index (χ0n) is 7.83. The second kappa shape index (κ2) is 3.79. The van der Waals surface area contributed by atoms with E-state index in [-0.39, 0.29) is 0 Å². The van der Waals surface area contributed by atoms with Crippen LogP contribution < -0.4 is 0 Å². The van der Waals surface area contributed by atoms with Crippen LogP contribution in [0, 0.1) is 0 Å². The number of aryl methyl sites for hydroxylation is 1. The first kappa shape index (κ1) is 8.57. The smallest absolute Gasteiger partial charge is 0.120 e. The maximum Gasteiger partial charge on any atom is 0.120 e. The van der Waals surface area contributed by atoms with E-state index in [2.05, 4.69) is 17.5 Å². The summed E-state index contributed by atoms with van der Waals surface area (Å²) in [4.78, 5) is 2.36. The zero-order chi connectivity index (χ0) is 9.10. The average Bonchev–Trinajstić information content (AvgIpc) is 2.46. The fourth-order valence-corrected chi connectivity index (χ4v) is 1.84. The van der Waals surface area contributed by atoms with Gasteiger partial charge in [0.2, 0.25) is 0 Å². The number of hydrogen-bond donors (Lipinski definition) is 0. The van der Waals surface area contributed by atoms with Crippen molar-refractivity contribution in [2.75, 3.05) is 13.1 Å². The first-order chi connectivity index (χ1) is 6.40. The van der Waals surface area contributed by atoms with E-state index in [1.165, 1.54) is 12.0 Å². The van der Waals surface area contributed by atoms with Crippen LogP contribution in [0.2, 0.25) is 0 Å². The Labute approximate surface area is 78.8 Å². The van der Waals surface area contributed by atoms with E-state index in [1.54, 1.807) is 6.26 Å². The molecule has 0 fully saturated rings. The van der Waals surface area contributed by atoms with Crippen molar-refractivity contribution in [2.24, 2.45) is 0 Å². The average molecular weight is 177 g/mol. The predicted octanol–water partition coefficient (Wildman–Crippen LogP) is 2.21. The molecule has 2 nitrogen and oxygen atoms in total. The molecule has 0 aromatic carbocycles. The SMILES string of the molecule is C=CCN1CCCc2ccoc2C1. The highest BCUT2D eigenvalue weighted by molar-refractivity contribution is 5.18. The molecule has 0 radical (unpaired) electrons. The largest absolute Gasteiger partial charge is 0.468 e. The quantitative estimate of drug-likeness (QED) is 0.644. The molecule has 0 atom stereocenters. The molecular formula is C11H15NO. The third kappa shape index (κ3) is 1.83. The van der Waals surface area contributed by atoms with Crippen LogP contribution in [0.4, 0.5) is 0 Å². The summed E-state index contributed by atoms with van der Waals surface area (Å²) < 4.78 is 5.44. The lowest BCUT2D eigenvalue weighted by Crippen LogP contribution is -2.22. The Morgan fingerprint density at radius 1 is 1.62 bits per heavy atom. The summed E-state index contributed by atoms with van der Waals surface area (Å²) in [7, 11) is 0. The molecule has 1 aromatic rings. The van der Waals surface area contributed by atoms with Gasteiger partial charge in [0.1, 0.15) is 5.76 Å². The van der Waals surface area contributed by atoms with Crippen molar-refractivity contribution in [3.8, 4) is 0 Å². The van der Waals surface area contributed by atoms with Crippen LogP contribution in [0.15, 0.2) is 29.4 Å². The summed E-state index contributed by atoms with van der Waals surface area (Å²) in [6, 6.07) is 2.09. The Balaban J connectivity index is 2.11. The van der Waals surface area contributed by atoms with E-state index in [4.69, 9.17) is 4.42 Å². The molecule has 13 heavy (non-hydrogen) atoms. The molecule has 0 saturated heterocycles. The van der Waals surface area contributed by atoms with Gasteiger partial charge in [0.15, 0.2) is 0 Å². The predicted molar refractivity (Wildman–Crippen MR) is 52.5 cm³/mol. The first-order valence-corrected chi connectivity index (χ1v) is 4.78. The van der Waals surface area contributed by atoms with Crippen LogP contribution in [-0.4, -0.2) is 18.0 Å². The van der Waals surface area contributed by atoms with Gasteiger partial charge >= 0.3 is 0 Å². The highest BCUT2D eigenvalue weighted by Gasteiger charge is 2.15. The highest BCUT2D eigenvalue weighted by atomic mass is 16.3. The van der Waals surface area contributed by atoms with Crippen LogP contribution in [-0.2, 0) is 13.0 Å². The summed E-state index contributed by atoms with van der Waals surface area (Å²) in [6.07, 6.45) is 6.12. The minimum Gasteiger partial charge on any atom is -0.468 e. The molecule has 1 aliphatic rings. The fraction of sp³-hybridized carbons (Fsp3) is 0.455. The van der Waals surface area contributed by atoms with Gasteiger partial charge in [0, 0.05) is 6.54 Å². The lowest BCUT2D eigenvalue weighted by Gasteiger charge is -2.16. The second-order valence-corrected chi connectivity index (χ2v) is 3.50. The summed E-state index contributed by atoms with van der Waals surface area (Å²) in [5.41, 5.74) is 1.38. The van der Waals surface area contributed by atoms with Gasteiger partial charge in [-0.15, -0.1) is 6.58 Å². The van der Waals surface area contributed by atoms with Crippen molar-refractivity contribution < 1.29 is 4.42 Å². The minimum absolute atomic E-state index is 0.939. The van der Waals surface area contributed by atoms with Gasteiger partial charge in [-0.1, -0.05) is 6.08 Å². The lowest BCUT2D eigenvalue weighted by molar-refractivity contribution is 0.275. The molecule has 0 aliphatic carbocycles. The Kier molecular flexibility index (Phi) is 2.50.